The van der Waals surface area contributed by atoms with Crippen LogP contribution in [-0.2, 0) is 32.5 Å². The molecule has 3 heterocycles. The van der Waals surface area contributed by atoms with Gasteiger partial charge in [-0.3, -0.25) is 4.57 Å². The molecule has 0 N–H and O–H groups in total. The van der Waals surface area contributed by atoms with Crippen LogP contribution in [0.5, 0.6) is 11.5 Å². The zero-order valence-corrected chi connectivity index (χ0v) is 44.0. The van der Waals surface area contributed by atoms with Crippen molar-refractivity contribution in [2.45, 2.75) is 157 Å². The smallest absolute Gasteiger partial charge is 0.137 e. The van der Waals surface area contributed by atoms with Crippen molar-refractivity contribution in [1.29, 1.82) is 0 Å². The Bertz CT molecular complexity index is 2960. The second-order valence-electron chi connectivity index (χ2n) is 25.4. The van der Waals surface area contributed by atoms with Crippen LogP contribution >= 0.6 is 0 Å². The van der Waals surface area contributed by atoms with Crippen LogP contribution in [0.2, 0.25) is 0 Å². The van der Waals surface area contributed by atoms with Crippen LogP contribution in [0, 0.1) is 0 Å². The van der Waals surface area contributed by atoms with Crippen LogP contribution in [0.1, 0.15) is 164 Å². The quantitative estimate of drug-likeness (QED) is 0.167. The van der Waals surface area contributed by atoms with E-state index < -0.39 is 0 Å². The Morgan fingerprint density at radius 2 is 0.940 bits per heavy atom. The van der Waals surface area contributed by atoms with Crippen LogP contribution in [0.3, 0.4) is 0 Å². The Labute approximate surface area is 402 Å². The monoisotopic (exact) mass is 893 g/mol. The van der Waals surface area contributed by atoms with E-state index in [9.17, 15) is 0 Å². The Hall–Kier alpha value is -5.81. The zero-order valence-electron chi connectivity index (χ0n) is 44.0. The molecular formula is C62H76N4O. The van der Waals surface area contributed by atoms with E-state index in [2.05, 4.69) is 254 Å². The van der Waals surface area contributed by atoms with Gasteiger partial charge in [-0.05, 0) is 133 Å². The standard InChI is InChI=1S/C62H76N4O/c1-57(2,3)41-25-26-63-56(35-41)66-53-22-20-19-21-51(53)52-24-23-49(37-54(52)66)67-50-34-46(62(16,17)18)33-48(36-50)65-39-64(47-31-44(60(10,11)12)30-45(32-47)61(13,14)15)38-55(65)40-27-42(58(4,5)6)29-43(28-40)59(7,8)9/h19-38H,39H2,1-18H3. The lowest BCUT2D eigenvalue weighted by atomic mass is 9.79. The summed E-state index contributed by atoms with van der Waals surface area (Å²) in [6, 6.07) is 40.8. The molecule has 67 heavy (non-hydrogen) atoms. The minimum absolute atomic E-state index is 0.0117. The lowest BCUT2D eigenvalue weighted by Crippen LogP contribution is -2.28. The number of anilines is 2. The van der Waals surface area contributed by atoms with Gasteiger partial charge in [0, 0.05) is 52.2 Å². The first kappa shape index (κ1) is 47.7. The molecule has 0 radical (unpaired) electrons. The maximum atomic E-state index is 7.08. The molecule has 0 fully saturated rings. The number of hydrogen-bond acceptors (Lipinski definition) is 4. The summed E-state index contributed by atoms with van der Waals surface area (Å²) in [5, 5.41) is 2.36. The fourth-order valence-electron chi connectivity index (χ4n) is 9.01. The summed E-state index contributed by atoms with van der Waals surface area (Å²) in [7, 11) is 0. The number of rotatable bonds is 6. The average molecular weight is 893 g/mol. The molecule has 0 saturated carbocycles. The molecule has 1 aliphatic heterocycles. The molecular weight excluding hydrogens is 817 g/mol. The number of aromatic nitrogens is 2. The van der Waals surface area contributed by atoms with E-state index in [1.165, 1.54) is 61.1 Å². The minimum atomic E-state index is -0.147. The first-order valence-electron chi connectivity index (χ1n) is 24.4. The molecule has 0 saturated heterocycles. The van der Waals surface area contributed by atoms with Crippen LogP contribution in [0.25, 0.3) is 33.3 Å². The van der Waals surface area contributed by atoms with E-state index >= 15 is 0 Å². The first-order chi connectivity index (χ1) is 30.9. The van der Waals surface area contributed by atoms with E-state index in [1.807, 2.05) is 6.20 Å². The highest BCUT2D eigenvalue weighted by molar-refractivity contribution is 6.09. The van der Waals surface area contributed by atoms with Crippen molar-refractivity contribution in [2.75, 3.05) is 16.5 Å². The van der Waals surface area contributed by atoms with Gasteiger partial charge in [-0.2, -0.15) is 0 Å². The van der Waals surface area contributed by atoms with E-state index in [-0.39, 0.29) is 32.5 Å². The highest BCUT2D eigenvalue weighted by Crippen LogP contribution is 2.44. The average Bonchev–Trinajstić information content (AvgIpc) is 3.82. The highest BCUT2D eigenvalue weighted by Gasteiger charge is 2.31. The van der Waals surface area contributed by atoms with Gasteiger partial charge in [-0.1, -0.05) is 155 Å². The number of fused-ring (bicyclic) bond motifs is 3. The molecule has 0 amide bonds. The summed E-state index contributed by atoms with van der Waals surface area (Å²) in [4.78, 5) is 9.91. The van der Waals surface area contributed by atoms with E-state index in [0.717, 1.165) is 34.0 Å². The molecule has 1 aliphatic rings. The van der Waals surface area contributed by atoms with Gasteiger partial charge in [0.25, 0.3) is 0 Å². The third kappa shape index (κ3) is 9.80. The van der Waals surface area contributed by atoms with Gasteiger partial charge in [0.1, 0.15) is 17.3 Å². The zero-order chi connectivity index (χ0) is 48.8. The normalized spacial score (nSPS) is 14.4. The first-order valence-corrected chi connectivity index (χ1v) is 24.4. The number of benzene rings is 5. The van der Waals surface area contributed by atoms with Gasteiger partial charge < -0.3 is 14.5 Å². The number of pyridine rings is 1. The Balaban J connectivity index is 1.30. The van der Waals surface area contributed by atoms with Crippen molar-refractivity contribution >= 4 is 38.9 Å². The molecule has 8 rings (SSSR count). The van der Waals surface area contributed by atoms with Crippen LogP contribution in [0.4, 0.5) is 11.4 Å². The molecule has 0 atom stereocenters. The molecule has 350 valence electrons. The number of nitrogens with zero attached hydrogens (tertiary/aromatic N) is 4. The largest absolute Gasteiger partial charge is 0.457 e. The predicted molar refractivity (Wildman–Crippen MR) is 288 cm³/mol. The SMILES string of the molecule is CC(C)(C)c1cc(Oc2ccc3c4ccccc4n(-c4cc(C(C)(C)C)ccn4)c3c2)cc(N2CN(c3cc(C(C)(C)C)cc(C(C)(C)C)c3)C=C2c2cc(C(C)(C)C)cc(C(C)(C)C)c2)c1. The molecule has 5 aromatic carbocycles. The summed E-state index contributed by atoms with van der Waals surface area (Å²) in [5.74, 6) is 2.48. The fourth-order valence-corrected chi connectivity index (χ4v) is 9.01. The minimum Gasteiger partial charge on any atom is -0.457 e. The molecule has 5 nitrogen and oxygen atoms in total. The summed E-state index contributed by atoms with van der Waals surface area (Å²) >= 11 is 0. The Kier molecular flexibility index (Phi) is 11.7. The van der Waals surface area contributed by atoms with E-state index in [0.29, 0.717) is 6.67 Å². The van der Waals surface area contributed by atoms with Crippen molar-refractivity contribution in [3.63, 3.8) is 0 Å². The summed E-state index contributed by atoms with van der Waals surface area (Å²) < 4.78 is 9.37. The maximum Gasteiger partial charge on any atom is 0.137 e. The molecule has 0 unspecified atom stereocenters. The van der Waals surface area contributed by atoms with Gasteiger partial charge in [-0.25, -0.2) is 4.98 Å². The van der Waals surface area contributed by atoms with Gasteiger partial charge >= 0.3 is 0 Å². The molecule has 0 aliphatic carbocycles. The van der Waals surface area contributed by atoms with E-state index in [4.69, 9.17) is 9.72 Å². The third-order valence-electron chi connectivity index (χ3n) is 13.6. The van der Waals surface area contributed by atoms with Crippen molar-refractivity contribution in [3.8, 4) is 17.3 Å². The van der Waals surface area contributed by atoms with Crippen molar-refractivity contribution in [2.24, 2.45) is 0 Å². The molecule has 0 bridgehead atoms. The molecule has 0 spiro atoms. The van der Waals surface area contributed by atoms with Crippen LogP contribution in [-0.4, -0.2) is 16.2 Å². The van der Waals surface area contributed by atoms with Gasteiger partial charge in [0.2, 0.25) is 0 Å². The number of para-hydroxylation sites is 1. The van der Waals surface area contributed by atoms with Crippen LogP contribution in [0.15, 0.2) is 122 Å². The van der Waals surface area contributed by atoms with E-state index in [1.54, 1.807) is 0 Å². The van der Waals surface area contributed by atoms with Crippen LogP contribution < -0.4 is 14.5 Å². The lowest BCUT2D eigenvalue weighted by molar-refractivity contribution is 0.479. The summed E-state index contributed by atoms with van der Waals surface area (Å²) in [6.45, 7) is 42.1. The molecule has 5 heteroatoms. The number of ether oxygens (including phenoxy) is 1. The van der Waals surface area contributed by atoms with Gasteiger partial charge in [0.15, 0.2) is 0 Å². The third-order valence-corrected chi connectivity index (χ3v) is 13.6. The van der Waals surface area contributed by atoms with Gasteiger partial charge in [0.05, 0.1) is 23.4 Å². The highest BCUT2D eigenvalue weighted by atomic mass is 16.5. The maximum absolute atomic E-state index is 7.08. The van der Waals surface area contributed by atoms with Gasteiger partial charge in [-0.15, -0.1) is 0 Å². The topological polar surface area (TPSA) is 33.5 Å². The summed E-state index contributed by atoms with van der Waals surface area (Å²) in [6.07, 6.45) is 4.33. The predicted octanol–water partition coefficient (Wildman–Crippen LogP) is 17.0. The second-order valence-corrected chi connectivity index (χ2v) is 25.4. The van der Waals surface area contributed by atoms with Crippen molar-refractivity contribution in [3.05, 3.63) is 161 Å². The lowest BCUT2D eigenvalue weighted by Gasteiger charge is -2.31. The Morgan fingerprint density at radius 1 is 0.433 bits per heavy atom. The van der Waals surface area contributed by atoms with Crippen molar-refractivity contribution < 1.29 is 4.74 Å². The second kappa shape index (κ2) is 16.5. The molecule has 7 aromatic rings. The summed E-state index contributed by atoms with van der Waals surface area (Å²) in [5.41, 5.74) is 14.4. The molecule has 2 aromatic heterocycles. The van der Waals surface area contributed by atoms with Crippen molar-refractivity contribution in [1.82, 2.24) is 9.55 Å². The number of hydrogen-bond donors (Lipinski definition) is 0. The fraction of sp³-hybridized carbons (Fsp3) is 0.403. The Morgan fingerprint density at radius 3 is 1.51 bits per heavy atom.